The van der Waals surface area contributed by atoms with E-state index < -0.39 is 5.97 Å². The molecular formula is C15H21N3O3. The zero-order valence-corrected chi connectivity index (χ0v) is 12.5. The van der Waals surface area contributed by atoms with Crippen molar-refractivity contribution in [3.63, 3.8) is 0 Å². The molecule has 0 radical (unpaired) electrons. The molecule has 1 heterocycles. The molecule has 114 valence electrons. The largest absolute Gasteiger partial charge is 0.480 e. The van der Waals surface area contributed by atoms with Crippen molar-refractivity contribution in [3.8, 4) is 0 Å². The number of carbonyl (C=O) groups excluding carboxylic acids is 1. The van der Waals surface area contributed by atoms with Gasteiger partial charge in [0.25, 0.3) is 0 Å². The van der Waals surface area contributed by atoms with Gasteiger partial charge in [0.1, 0.15) is 6.54 Å². The maximum atomic E-state index is 12.4. The van der Waals surface area contributed by atoms with Gasteiger partial charge in [-0.2, -0.15) is 0 Å². The first-order valence-corrected chi connectivity index (χ1v) is 6.77. The molecule has 0 atom stereocenters. The van der Waals surface area contributed by atoms with E-state index in [4.69, 9.17) is 5.11 Å². The van der Waals surface area contributed by atoms with Crippen LogP contribution in [0.3, 0.4) is 0 Å². The summed E-state index contributed by atoms with van der Waals surface area (Å²) in [5, 5.41) is 8.88. The standard InChI is InChI=1S/C15H21N3O3/c1-4-9-18(11-14(19)20)15(21)17(5-2)10-13-8-6-7-12(3)16-13/h4,6-8H,1,5,9-11H2,2-3H3,(H,19,20). The van der Waals surface area contributed by atoms with Crippen molar-refractivity contribution in [2.75, 3.05) is 19.6 Å². The number of pyridine rings is 1. The van der Waals surface area contributed by atoms with Crippen molar-refractivity contribution >= 4 is 12.0 Å². The molecule has 0 aliphatic rings. The molecule has 21 heavy (non-hydrogen) atoms. The maximum Gasteiger partial charge on any atom is 0.323 e. The molecule has 0 aliphatic heterocycles. The molecular weight excluding hydrogens is 270 g/mol. The third-order valence-corrected chi connectivity index (χ3v) is 2.90. The van der Waals surface area contributed by atoms with Gasteiger partial charge >= 0.3 is 12.0 Å². The molecule has 0 aliphatic carbocycles. The lowest BCUT2D eigenvalue weighted by Gasteiger charge is -2.28. The van der Waals surface area contributed by atoms with Crippen molar-refractivity contribution in [1.29, 1.82) is 0 Å². The minimum Gasteiger partial charge on any atom is -0.480 e. The fourth-order valence-corrected chi connectivity index (χ4v) is 1.93. The van der Waals surface area contributed by atoms with E-state index in [1.54, 1.807) is 4.90 Å². The topological polar surface area (TPSA) is 73.7 Å². The Labute approximate surface area is 124 Å². The molecule has 0 aromatic carbocycles. The smallest absolute Gasteiger partial charge is 0.323 e. The Hall–Kier alpha value is -2.37. The number of aromatic nitrogens is 1. The van der Waals surface area contributed by atoms with E-state index in [0.717, 1.165) is 11.4 Å². The average Bonchev–Trinajstić information content (AvgIpc) is 2.43. The summed E-state index contributed by atoms with van der Waals surface area (Å²) in [5.41, 5.74) is 1.66. The van der Waals surface area contributed by atoms with E-state index in [2.05, 4.69) is 11.6 Å². The molecule has 0 unspecified atom stereocenters. The van der Waals surface area contributed by atoms with E-state index >= 15 is 0 Å². The van der Waals surface area contributed by atoms with Crippen LogP contribution in [0, 0.1) is 6.92 Å². The van der Waals surface area contributed by atoms with Crippen LogP contribution in [0.5, 0.6) is 0 Å². The number of amides is 2. The summed E-state index contributed by atoms with van der Waals surface area (Å²) in [6.45, 7) is 7.96. The number of urea groups is 1. The van der Waals surface area contributed by atoms with Gasteiger partial charge in [0.05, 0.1) is 12.2 Å². The van der Waals surface area contributed by atoms with E-state index in [0.29, 0.717) is 13.1 Å². The van der Waals surface area contributed by atoms with Gasteiger partial charge in [0.15, 0.2) is 0 Å². The van der Waals surface area contributed by atoms with Gasteiger partial charge in [-0.05, 0) is 26.0 Å². The highest BCUT2D eigenvalue weighted by Gasteiger charge is 2.21. The molecule has 1 aromatic rings. The summed E-state index contributed by atoms with van der Waals surface area (Å²) in [4.78, 5) is 30.4. The molecule has 0 saturated carbocycles. The molecule has 6 nitrogen and oxygen atoms in total. The van der Waals surface area contributed by atoms with Crippen molar-refractivity contribution in [3.05, 3.63) is 42.2 Å². The normalized spacial score (nSPS) is 10.0. The molecule has 1 aromatic heterocycles. The van der Waals surface area contributed by atoms with E-state index in [1.165, 1.54) is 11.0 Å². The van der Waals surface area contributed by atoms with Crippen LogP contribution in [0.2, 0.25) is 0 Å². The SMILES string of the molecule is C=CCN(CC(=O)O)C(=O)N(CC)Cc1cccc(C)n1. The van der Waals surface area contributed by atoms with Crippen molar-refractivity contribution in [2.45, 2.75) is 20.4 Å². The molecule has 0 fully saturated rings. The summed E-state index contributed by atoms with van der Waals surface area (Å²) < 4.78 is 0. The number of aryl methyl sites for hydroxylation is 1. The van der Waals surface area contributed by atoms with Gasteiger partial charge in [-0.25, -0.2) is 4.79 Å². The number of hydrogen-bond acceptors (Lipinski definition) is 3. The summed E-state index contributed by atoms with van der Waals surface area (Å²) in [7, 11) is 0. The highest BCUT2D eigenvalue weighted by Crippen LogP contribution is 2.07. The van der Waals surface area contributed by atoms with Gasteiger partial charge in [-0.15, -0.1) is 6.58 Å². The van der Waals surface area contributed by atoms with Crippen LogP contribution in [0.15, 0.2) is 30.9 Å². The first-order chi connectivity index (χ1) is 9.97. The summed E-state index contributed by atoms with van der Waals surface area (Å²) in [6, 6.07) is 5.28. The van der Waals surface area contributed by atoms with Gasteiger partial charge in [-0.3, -0.25) is 9.78 Å². The van der Waals surface area contributed by atoms with Crippen LogP contribution in [-0.2, 0) is 11.3 Å². The Morgan fingerprint density at radius 1 is 1.38 bits per heavy atom. The lowest BCUT2D eigenvalue weighted by Crippen LogP contribution is -2.45. The second-order valence-electron chi connectivity index (χ2n) is 4.63. The van der Waals surface area contributed by atoms with Crippen LogP contribution >= 0.6 is 0 Å². The first-order valence-electron chi connectivity index (χ1n) is 6.77. The Bertz CT molecular complexity index is 517. The predicted octanol–water partition coefficient (Wildman–Crippen LogP) is 1.90. The third-order valence-electron chi connectivity index (χ3n) is 2.90. The van der Waals surface area contributed by atoms with Gasteiger partial charge < -0.3 is 14.9 Å². The van der Waals surface area contributed by atoms with Crippen LogP contribution in [0.25, 0.3) is 0 Å². The fraction of sp³-hybridized carbons (Fsp3) is 0.400. The minimum atomic E-state index is -1.05. The van der Waals surface area contributed by atoms with Crippen LogP contribution in [0.4, 0.5) is 4.79 Å². The molecule has 2 amide bonds. The summed E-state index contributed by atoms with van der Waals surface area (Å²) >= 11 is 0. The lowest BCUT2D eigenvalue weighted by atomic mass is 10.3. The molecule has 0 bridgehead atoms. The second kappa shape index (κ2) is 8.04. The van der Waals surface area contributed by atoms with Crippen molar-refractivity contribution in [1.82, 2.24) is 14.8 Å². The number of hydrogen-bond donors (Lipinski definition) is 1. The second-order valence-corrected chi connectivity index (χ2v) is 4.63. The number of carboxylic acids is 1. The fourth-order valence-electron chi connectivity index (χ4n) is 1.93. The maximum absolute atomic E-state index is 12.4. The average molecular weight is 291 g/mol. The Morgan fingerprint density at radius 2 is 2.10 bits per heavy atom. The number of carboxylic acid groups (broad SMARTS) is 1. The quantitative estimate of drug-likeness (QED) is 0.779. The highest BCUT2D eigenvalue weighted by molar-refractivity contribution is 5.80. The number of nitrogens with zero attached hydrogens (tertiary/aromatic N) is 3. The molecule has 1 rings (SSSR count). The van der Waals surface area contributed by atoms with E-state index in [1.807, 2.05) is 32.0 Å². The van der Waals surface area contributed by atoms with Crippen LogP contribution < -0.4 is 0 Å². The lowest BCUT2D eigenvalue weighted by molar-refractivity contribution is -0.137. The zero-order chi connectivity index (χ0) is 15.8. The minimum absolute atomic E-state index is 0.197. The Balaban J connectivity index is 2.83. The third kappa shape index (κ3) is 5.25. The number of carbonyl (C=O) groups is 2. The van der Waals surface area contributed by atoms with Crippen LogP contribution in [-0.4, -0.2) is 51.5 Å². The number of rotatable bonds is 7. The zero-order valence-electron chi connectivity index (χ0n) is 12.5. The molecule has 0 spiro atoms. The monoisotopic (exact) mass is 291 g/mol. The number of aliphatic carboxylic acids is 1. The summed E-state index contributed by atoms with van der Waals surface area (Å²) in [6.07, 6.45) is 1.51. The molecule has 1 N–H and O–H groups in total. The van der Waals surface area contributed by atoms with Gasteiger partial charge in [0, 0.05) is 18.8 Å². The van der Waals surface area contributed by atoms with Gasteiger partial charge in [-0.1, -0.05) is 12.1 Å². The van der Waals surface area contributed by atoms with Crippen molar-refractivity contribution in [2.24, 2.45) is 0 Å². The first kappa shape index (κ1) is 16.7. The van der Waals surface area contributed by atoms with Gasteiger partial charge in [0.2, 0.25) is 0 Å². The summed E-state index contributed by atoms with van der Waals surface area (Å²) in [5.74, 6) is -1.05. The van der Waals surface area contributed by atoms with E-state index in [9.17, 15) is 9.59 Å². The Morgan fingerprint density at radius 3 is 2.62 bits per heavy atom. The molecule has 6 heteroatoms. The van der Waals surface area contributed by atoms with Crippen molar-refractivity contribution < 1.29 is 14.7 Å². The van der Waals surface area contributed by atoms with Crippen LogP contribution in [0.1, 0.15) is 18.3 Å². The predicted molar refractivity (Wildman–Crippen MR) is 79.9 cm³/mol. The van der Waals surface area contributed by atoms with E-state index in [-0.39, 0.29) is 19.1 Å². The molecule has 0 saturated heterocycles. The Kier molecular flexibility index (Phi) is 6.39. The highest BCUT2D eigenvalue weighted by atomic mass is 16.4.